The number of aromatic nitrogens is 3. The van der Waals surface area contributed by atoms with E-state index in [1.54, 1.807) is 0 Å². The second kappa shape index (κ2) is 8.87. The second-order valence-electron chi connectivity index (χ2n) is 7.60. The molecule has 1 fully saturated rings. The Labute approximate surface area is 182 Å². The number of hydrogen-bond donors (Lipinski definition) is 1. The summed E-state index contributed by atoms with van der Waals surface area (Å²) >= 11 is 2.81. The highest BCUT2D eigenvalue weighted by atomic mass is 32.2. The Hall–Kier alpha value is -2.23. The lowest BCUT2D eigenvalue weighted by atomic mass is 9.91. The maximum atomic E-state index is 12.8. The van der Waals surface area contributed by atoms with E-state index in [9.17, 15) is 14.7 Å². The van der Waals surface area contributed by atoms with Crippen molar-refractivity contribution in [1.29, 1.82) is 0 Å². The minimum Gasteiger partial charge on any atom is -0.388 e. The highest BCUT2D eigenvalue weighted by Gasteiger charge is 2.34. The number of fused-ring (bicyclic) bond motifs is 1. The van der Waals surface area contributed by atoms with Gasteiger partial charge in [-0.2, -0.15) is 0 Å². The molecule has 1 aromatic carbocycles. The lowest BCUT2D eigenvalue weighted by Crippen LogP contribution is -2.49. The van der Waals surface area contributed by atoms with Crippen LogP contribution >= 0.6 is 23.1 Å². The van der Waals surface area contributed by atoms with Crippen molar-refractivity contribution in [3.8, 4) is 0 Å². The quantitative estimate of drug-likeness (QED) is 0.588. The fraction of sp³-hybridized carbons (Fsp3) is 0.429. The maximum absolute atomic E-state index is 12.8. The summed E-state index contributed by atoms with van der Waals surface area (Å²) in [7, 11) is 0. The highest BCUT2D eigenvalue weighted by Crippen LogP contribution is 2.26. The number of aliphatic hydroxyl groups is 1. The van der Waals surface area contributed by atoms with Crippen molar-refractivity contribution in [1.82, 2.24) is 19.4 Å². The number of likely N-dealkylation sites (tertiary alicyclic amines) is 1. The fourth-order valence-corrected chi connectivity index (χ4v) is 5.19. The molecule has 1 aliphatic rings. The molecule has 0 saturated carbocycles. The summed E-state index contributed by atoms with van der Waals surface area (Å²) in [6, 6.07) is 9.96. The summed E-state index contributed by atoms with van der Waals surface area (Å²) in [5.74, 6) is 0.107. The lowest BCUT2D eigenvalue weighted by Gasteiger charge is -2.38. The first-order valence-corrected chi connectivity index (χ1v) is 12.0. The van der Waals surface area contributed by atoms with Crippen molar-refractivity contribution in [2.45, 2.75) is 42.2 Å². The number of nitrogens with zero attached hydrogens (tertiary/aromatic N) is 4. The average Bonchev–Trinajstić information content (AvgIpc) is 3.20. The summed E-state index contributed by atoms with van der Waals surface area (Å²) in [6.07, 6.45) is 5.43. The third-order valence-corrected chi connectivity index (χ3v) is 7.54. The van der Waals surface area contributed by atoms with Crippen molar-refractivity contribution in [3.63, 3.8) is 0 Å². The number of benzene rings is 1. The number of aryl methyl sites for hydroxylation is 1. The summed E-state index contributed by atoms with van der Waals surface area (Å²) in [6.45, 7) is 1.16. The van der Waals surface area contributed by atoms with E-state index in [1.807, 2.05) is 41.5 Å². The molecule has 0 aliphatic carbocycles. The van der Waals surface area contributed by atoms with E-state index < -0.39 is 5.60 Å². The number of carbonyl (C=O) groups is 1. The van der Waals surface area contributed by atoms with Gasteiger partial charge in [0.2, 0.25) is 5.91 Å². The van der Waals surface area contributed by atoms with Gasteiger partial charge in [-0.1, -0.05) is 42.1 Å². The van der Waals surface area contributed by atoms with Gasteiger partial charge in [-0.3, -0.25) is 14.2 Å². The van der Waals surface area contributed by atoms with E-state index in [2.05, 4.69) is 9.97 Å². The maximum Gasteiger partial charge on any atom is 0.273 e. The van der Waals surface area contributed by atoms with Crippen LogP contribution in [0.5, 0.6) is 0 Å². The molecule has 3 aromatic rings. The molecule has 1 N–H and O–H groups in total. The van der Waals surface area contributed by atoms with Crippen molar-refractivity contribution >= 4 is 39.4 Å². The van der Waals surface area contributed by atoms with E-state index in [4.69, 9.17) is 0 Å². The Morgan fingerprint density at radius 3 is 2.70 bits per heavy atom. The Bertz CT molecular complexity index is 1090. The van der Waals surface area contributed by atoms with Crippen LogP contribution in [0.4, 0.5) is 0 Å². The highest BCUT2D eigenvalue weighted by molar-refractivity contribution is 8.00. The first-order valence-electron chi connectivity index (χ1n) is 9.91. The second-order valence-corrected chi connectivity index (χ2v) is 9.66. The molecule has 0 atom stereocenters. The number of piperidine rings is 1. The average molecular weight is 445 g/mol. The van der Waals surface area contributed by atoms with Crippen LogP contribution < -0.4 is 5.56 Å². The molecule has 158 valence electrons. The molecular formula is C21H24N4O3S2. The monoisotopic (exact) mass is 444 g/mol. The zero-order valence-electron chi connectivity index (χ0n) is 16.8. The molecular weight excluding hydrogens is 420 g/mol. The van der Waals surface area contributed by atoms with E-state index in [1.165, 1.54) is 34.0 Å². The van der Waals surface area contributed by atoms with Crippen LogP contribution in [0.2, 0.25) is 0 Å². The van der Waals surface area contributed by atoms with Crippen LogP contribution in [0.25, 0.3) is 10.3 Å². The number of thiazole rings is 1. The van der Waals surface area contributed by atoms with Crippen LogP contribution in [-0.4, -0.2) is 55.4 Å². The predicted octanol–water partition coefficient (Wildman–Crippen LogP) is 2.56. The molecule has 0 unspecified atom stereocenters. The molecule has 1 amide bonds. The van der Waals surface area contributed by atoms with Gasteiger partial charge in [0.1, 0.15) is 11.0 Å². The normalized spacial score (nSPS) is 16.1. The topological polar surface area (TPSA) is 88.3 Å². The standard InChI is InChI=1S/C21H24N4O3S2/c1-29-20-23-18-17(30-20)19(27)25(14-22-18)13-21(28)9-11-24(12-10-21)16(26)8-7-15-5-3-2-4-6-15/h2-6,14,28H,7-13H2,1H3. The summed E-state index contributed by atoms with van der Waals surface area (Å²) in [5.41, 5.74) is 0.404. The van der Waals surface area contributed by atoms with E-state index >= 15 is 0 Å². The van der Waals surface area contributed by atoms with Crippen molar-refractivity contribution in [2.75, 3.05) is 19.3 Å². The molecule has 1 saturated heterocycles. The van der Waals surface area contributed by atoms with Gasteiger partial charge >= 0.3 is 0 Å². The zero-order valence-corrected chi connectivity index (χ0v) is 18.4. The lowest BCUT2D eigenvalue weighted by molar-refractivity contribution is -0.135. The molecule has 30 heavy (non-hydrogen) atoms. The number of thioether (sulfide) groups is 1. The summed E-state index contributed by atoms with van der Waals surface area (Å²) in [4.78, 5) is 35.7. The van der Waals surface area contributed by atoms with Gasteiger partial charge in [-0.15, -0.1) is 11.3 Å². The first kappa shape index (κ1) is 21.0. The van der Waals surface area contributed by atoms with E-state index in [0.29, 0.717) is 49.1 Å². The smallest absolute Gasteiger partial charge is 0.273 e. The van der Waals surface area contributed by atoms with Crippen LogP contribution in [-0.2, 0) is 17.8 Å². The van der Waals surface area contributed by atoms with Gasteiger partial charge in [0.15, 0.2) is 9.99 Å². The van der Waals surface area contributed by atoms with Gasteiger partial charge in [-0.05, 0) is 31.1 Å². The molecule has 0 radical (unpaired) electrons. The van der Waals surface area contributed by atoms with Crippen LogP contribution in [0.15, 0.2) is 45.8 Å². The first-order chi connectivity index (χ1) is 14.5. The van der Waals surface area contributed by atoms with Gasteiger partial charge in [0.05, 0.1) is 12.1 Å². The van der Waals surface area contributed by atoms with E-state index in [-0.39, 0.29) is 18.0 Å². The molecule has 3 heterocycles. The molecule has 2 aromatic heterocycles. The fourth-order valence-electron chi connectivity index (χ4n) is 3.73. The van der Waals surface area contributed by atoms with Gasteiger partial charge in [0, 0.05) is 19.5 Å². The Morgan fingerprint density at radius 1 is 1.27 bits per heavy atom. The third kappa shape index (κ3) is 4.58. The number of rotatable bonds is 6. The van der Waals surface area contributed by atoms with Crippen molar-refractivity contribution in [2.24, 2.45) is 0 Å². The number of amides is 1. The molecule has 0 spiro atoms. The minimum absolute atomic E-state index is 0.107. The van der Waals surface area contributed by atoms with Crippen molar-refractivity contribution in [3.05, 3.63) is 52.6 Å². The largest absolute Gasteiger partial charge is 0.388 e. The van der Waals surface area contributed by atoms with E-state index in [0.717, 1.165) is 9.90 Å². The van der Waals surface area contributed by atoms with Gasteiger partial charge in [0.25, 0.3) is 5.56 Å². The zero-order chi connectivity index (χ0) is 21.1. The Kier molecular flexibility index (Phi) is 6.21. The SMILES string of the molecule is CSc1nc2ncn(CC3(O)CCN(C(=O)CCc4ccccc4)CC3)c(=O)c2s1. The number of carbonyl (C=O) groups excluding carboxylic acids is 1. The van der Waals surface area contributed by atoms with Crippen LogP contribution in [0.3, 0.4) is 0 Å². The molecule has 9 heteroatoms. The Morgan fingerprint density at radius 2 is 2.00 bits per heavy atom. The minimum atomic E-state index is -1.03. The van der Waals surface area contributed by atoms with Crippen LogP contribution in [0, 0.1) is 0 Å². The number of hydrogen-bond acceptors (Lipinski definition) is 7. The molecule has 7 nitrogen and oxygen atoms in total. The summed E-state index contributed by atoms with van der Waals surface area (Å²) in [5, 5.41) is 11.0. The Balaban J connectivity index is 1.37. The third-order valence-electron chi connectivity index (χ3n) is 5.52. The van der Waals surface area contributed by atoms with Crippen molar-refractivity contribution < 1.29 is 9.90 Å². The molecule has 1 aliphatic heterocycles. The van der Waals surface area contributed by atoms with Crippen LogP contribution in [0.1, 0.15) is 24.8 Å². The van der Waals surface area contributed by atoms with Gasteiger partial charge < -0.3 is 10.0 Å². The summed E-state index contributed by atoms with van der Waals surface area (Å²) < 4.78 is 2.78. The predicted molar refractivity (Wildman–Crippen MR) is 119 cm³/mol. The van der Waals surface area contributed by atoms with Gasteiger partial charge in [-0.25, -0.2) is 9.97 Å². The molecule has 4 rings (SSSR count). The molecule has 0 bridgehead atoms.